The highest BCUT2D eigenvalue weighted by molar-refractivity contribution is 5.95. The van der Waals surface area contributed by atoms with E-state index >= 15 is 0 Å². The molecule has 0 fully saturated rings. The molecule has 0 heterocycles. The highest BCUT2D eigenvalue weighted by Gasteiger charge is 2.23. The number of benzene rings is 4. The minimum atomic E-state index is -0.360. The maximum atomic E-state index is 13.4. The molecule has 1 atom stereocenters. The lowest BCUT2D eigenvalue weighted by Gasteiger charge is -2.23. The van der Waals surface area contributed by atoms with Crippen molar-refractivity contribution in [1.29, 1.82) is 0 Å². The van der Waals surface area contributed by atoms with Gasteiger partial charge in [0.1, 0.15) is 12.4 Å². The van der Waals surface area contributed by atoms with Crippen LogP contribution in [0.25, 0.3) is 10.8 Å². The molecule has 0 aromatic heterocycles. The van der Waals surface area contributed by atoms with E-state index in [4.69, 9.17) is 9.84 Å². The molecule has 0 radical (unpaired) electrons. The van der Waals surface area contributed by atoms with Crippen molar-refractivity contribution in [1.82, 2.24) is 5.32 Å². The molecule has 162 valence electrons. The second kappa shape index (κ2) is 10.1. The van der Waals surface area contributed by atoms with Crippen LogP contribution in [0.3, 0.4) is 0 Å². The Hall–Kier alpha value is -3.63. The second-order valence-corrected chi connectivity index (χ2v) is 7.76. The van der Waals surface area contributed by atoms with E-state index in [1.807, 2.05) is 104 Å². The summed E-state index contributed by atoms with van der Waals surface area (Å²) in [4.78, 5) is 13.4. The van der Waals surface area contributed by atoms with Crippen molar-refractivity contribution in [2.24, 2.45) is 0 Å². The average molecular weight is 426 g/mol. The Morgan fingerprint density at radius 1 is 0.812 bits per heavy atom. The number of aliphatic hydroxyl groups excluding tert-OH is 1. The summed E-state index contributed by atoms with van der Waals surface area (Å²) in [6.07, 6.45) is 0. The fraction of sp³-hybridized carbons (Fsp3) is 0.179. The quantitative estimate of drug-likeness (QED) is 0.407. The highest BCUT2D eigenvalue weighted by Crippen LogP contribution is 2.32. The molecule has 4 aromatic rings. The molecule has 0 aliphatic rings. The van der Waals surface area contributed by atoms with Gasteiger partial charge in [0.2, 0.25) is 5.91 Å². The molecule has 0 aliphatic heterocycles. The molecule has 2 N–H and O–H groups in total. The lowest BCUT2D eigenvalue weighted by atomic mass is 9.92. The van der Waals surface area contributed by atoms with E-state index < -0.39 is 0 Å². The Morgan fingerprint density at radius 3 is 2.03 bits per heavy atom. The number of carbonyl (C=O) groups excluding carboxylic acids is 1. The number of hydrogen-bond donors (Lipinski definition) is 2. The van der Waals surface area contributed by atoms with Gasteiger partial charge in [0, 0.05) is 5.39 Å². The third-order valence-corrected chi connectivity index (χ3v) is 5.68. The van der Waals surface area contributed by atoms with Crippen LogP contribution in [-0.4, -0.2) is 24.2 Å². The number of nitrogens with one attached hydrogen (secondary N) is 1. The van der Waals surface area contributed by atoms with Crippen molar-refractivity contribution >= 4 is 16.7 Å². The number of aliphatic hydroxyl groups is 1. The number of fused-ring (bicyclic) bond motifs is 1. The monoisotopic (exact) mass is 425 g/mol. The Morgan fingerprint density at radius 2 is 1.41 bits per heavy atom. The van der Waals surface area contributed by atoms with Gasteiger partial charge < -0.3 is 15.2 Å². The lowest BCUT2D eigenvalue weighted by Crippen LogP contribution is -2.32. The maximum Gasteiger partial charge on any atom is 0.228 e. The predicted octanol–water partition coefficient (Wildman–Crippen LogP) is 5.22. The standard InChI is InChI=1S/C28H27NO3/c1-20(23-14-8-16-25-24(23)15-9-17-26(25)32-19-18-30)28(31)29-27(21-10-4-2-5-11-21)22-12-6-3-7-13-22/h2-17,20,27,30H,18-19H2,1H3,(H,29,31). The van der Waals surface area contributed by atoms with Crippen molar-refractivity contribution < 1.29 is 14.6 Å². The summed E-state index contributed by atoms with van der Waals surface area (Å²) in [5, 5.41) is 14.3. The Labute approximate surface area is 188 Å². The summed E-state index contributed by atoms with van der Waals surface area (Å²) in [5.74, 6) is 0.302. The van der Waals surface area contributed by atoms with Crippen LogP contribution in [0.4, 0.5) is 0 Å². The van der Waals surface area contributed by atoms with Crippen molar-refractivity contribution in [3.63, 3.8) is 0 Å². The van der Waals surface area contributed by atoms with E-state index in [9.17, 15) is 4.79 Å². The fourth-order valence-electron chi connectivity index (χ4n) is 4.02. The van der Waals surface area contributed by atoms with Gasteiger partial charge in [-0.05, 0) is 35.1 Å². The van der Waals surface area contributed by atoms with Crippen LogP contribution in [0.15, 0.2) is 97.1 Å². The molecular weight excluding hydrogens is 398 g/mol. The minimum Gasteiger partial charge on any atom is -0.491 e. The van der Waals surface area contributed by atoms with Crippen LogP contribution in [0.2, 0.25) is 0 Å². The zero-order valence-corrected chi connectivity index (χ0v) is 18.1. The zero-order chi connectivity index (χ0) is 22.3. The molecule has 0 saturated carbocycles. The molecule has 1 amide bonds. The van der Waals surface area contributed by atoms with Gasteiger partial charge in [-0.15, -0.1) is 0 Å². The van der Waals surface area contributed by atoms with Gasteiger partial charge in [-0.2, -0.15) is 0 Å². The van der Waals surface area contributed by atoms with Crippen molar-refractivity contribution in [2.75, 3.05) is 13.2 Å². The number of ether oxygens (including phenoxy) is 1. The summed E-state index contributed by atoms with van der Waals surface area (Å²) in [6.45, 7) is 2.11. The number of hydrogen-bond acceptors (Lipinski definition) is 3. The molecule has 0 bridgehead atoms. The first-order valence-corrected chi connectivity index (χ1v) is 10.8. The van der Waals surface area contributed by atoms with E-state index in [0.717, 1.165) is 27.5 Å². The van der Waals surface area contributed by atoms with Gasteiger partial charge in [-0.3, -0.25) is 4.79 Å². The first-order chi connectivity index (χ1) is 15.7. The predicted molar refractivity (Wildman–Crippen MR) is 128 cm³/mol. The first kappa shape index (κ1) is 21.6. The summed E-state index contributed by atoms with van der Waals surface area (Å²) in [5.41, 5.74) is 3.02. The summed E-state index contributed by atoms with van der Waals surface area (Å²) in [6, 6.07) is 31.5. The Balaban J connectivity index is 1.65. The van der Waals surface area contributed by atoms with E-state index in [2.05, 4.69) is 5.32 Å². The Kier molecular flexibility index (Phi) is 6.83. The van der Waals surface area contributed by atoms with Crippen LogP contribution in [0, 0.1) is 0 Å². The van der Waals surface area contributed by atoms with Gasteiger partial charge in [-0.1, -0.05) is 91.0 Å². The third-order valence-electron chi connectivity index (χ3n) is 5.68. The van der Waals surface area contributed by atoms with Crippen LogP contribution < -0.4 is 10.1 Å². The van der Waals surface area contributed by atoms with Gasteiger partial charge in [0.15, 0.2) is 0 Å². The fourth-order valence-corrected chi connectivity index (χ4v) is 4.02. The van der Waals surface area contributed by atoms with E-state index in [0.29, 0.717) is 5.75 Å². The molecule has 4 rings (SSSR count). The zero-order valence-electron chi connectivity index (χ0n) is 18.1. The van der Waals surface area contributed by atoms with E-state index in [-0.39, 0.29) is 31.1 Å². The van der Waals surface area contributed by atoms with E-state index in [1.54, 1.807) is 0 Å². The lowest BCUT2D eigenvalue weighted by molar-refractivity contribution is -0.122. The molecule has 32 heavy (non-hydrogen) atoms. The van der Waals surface area contributed by atoms with Gasteiger partial charge in [0.05, 0.1) is 18.6 Å². The van der Waals surface area contributed by atoms with Crippen LogP contribution in [0.1, 0.15) is 35.6 Å². The van der Waals surface area contributed by atoms with Crippen LogP contribution in [0.5, 0.6) is 5.75 Å². The summed E-state index contributed by atoms with van der Waals surface area (Å²) in [7, 11) is 0. The van der Waals surface area contributed by atoms with Crippen LogP contribution >= 0.6 is 0 Å². The molecule has 4 aromatic carbocycles. The summed E-state index contributed by atoms with van der Waals surface area (Å²) < 4.78 is 5.69. The third kappa shape index (κ3) is 4.66. The molecule has 0 spiro atoms. The smallest absolute Gasteiger partial charge is 0.228 e. The molecule has 0 saturated heterocycles. The second-order valence-electron chi connectivity index (χ2n) is 7.76. The number of carbonyl (C=O) groups is 1. The van der Waals surface area contributed by atoms with Crippen molar-refractivity contribution in [2.45, 2.75) is 18.9 Å². The molecule has 4 heteroatoms. The van der Waals surface area contributed by atoms with E-state index in [1.165, 1.54) is 0 Å². The average Bonchev–Trinajstić information content (AvgIpc) is 2.86. The molecule has 1 unspecified atom stereocenters. The normalized spacial score (nSPS) is 12.0. The SMILES string of the molecule is CC(C(=O)NC(c1ccccc1)c1ccccc1)c1cccc2c(OCCO)cccc12. The number of amides is 1. The minimum absolute atomic E-state index is 0.0446. The molecular formula is C28H27NO3. The van der Waals surface area contributed by atoms with Gasteiger partial charge in [-0.25, -0.2) is 0 Å². The largest absolute Gasteiger partial charge is 0.491 e. The Bertz CT molecular complexity index is 1140. The van der Waals surface area contributed by atoms with Gasteiger partial charge >= 0.3 is 0 Å². The molecule has 0 aliphatic carbocycles. The molecule has 4 nitrogen and oxygen atoms in total. The van der Waals surface area contributed by atoms with Crippen molar-refractivity contribution in [3.8, 4) is 5.75 Å². The highest BCUT2D eigenvalue weighted by atomic mass is 16.5. The number of rotatable bonds is 8. The summed E-state index contributed by atoms with van der Waals surface area (Å²) >= 11 is 0. The topological polar surface area (TPSA) is 58.6 Å². The van der Waals surface area contributed by atoms with Crippen LogP contribution in [-0.2, 0) is 4.79 Å². The van der Waals surface area contributed by atoms with Crippen molar-refractivity contribution in [3.05, 3.63) is 114 Å². The first-order valence-electron chi connectivity index (χ1n) is 10.8. The maximum absolute atomic E-state index is 13.4. The van der Waals surface area contributed by atoms with Gasteiger partial charge in [0.25, 0.3) is 0 Å².